The molecule has 1 saturated heterocycles. The number of nitro benzene ring substituents is 1. The van der Waals surface area contributed by atoms with Gasteiger partial charge in [0.15, 0.2) is 5.52 Å². The SMILES string of the molecule is Cn1cc2cc(-c3nn4cc(C5CCN(C(=O)OC(C)(C)C)CC5)nc4s3)cc([N+](=O)[O-])c2n1. The highest BCUT2D eigenvalue weighted by atomic mass is 32.1. The van der Waals surface area contributed by atoms with E-state index in [2.05, 4.69) is 10.2 Å². The fourth-order valence-electron chi connectivity index (χ4n) is 4.21. The predicted octanol–water partition coefficient (Wildman–Crippen LogP) is 4.37. The molecule has 178 valence electrons. The van der Waals surface area contributed by atoms with Crippen LogP contribution in [0.5, 0.6) is 0 Å². The Bertz CT molecular complexity index is 1370. The molecule has 4 aromatic rings. The van der Waals surface area contributed by atoms with Gasteiger partial charge < -0.3 is 9.64 Å². The topological polar surface area (TPSA) is 121 Å². The lowest BCUT2D eigenvalue weighted by molar-refractivity contribution is -0.383. The van der Waals surface area contributed by atoms with E-state index < -0.39 is 10.5 Å². The fraction of sp³-hybridized carbons (Fsp3) is 0.455. The highest BCUT2D eigenvalue weighted by Gasteiger charge is 2.29. The minimum Gasteiger partial charge on any atom is -0.444 e. The van der Waals surface area contributed by atoms with Crippen LogP contribution in [-0.2, 0) is 11.8 Å². The van der Waals surface area contributed by atoms with Crippen molar-refractivity contribution < 1.29 is 14.5 Å². The summed E-state index contributed by atoms with van der Waals surface area (Å²) in [6.45, 7) is 6.84. The van der Waals surface area contributed by atoms with Crippen LogP contribution in [0.1, 0.15) is 45.2 Å². The molecule has 1 aliphatic rings. The number of fused-ring (bicyclic) bond motifs is 2. The summed E-state index contributed by atoms with van der Waals surface area (Å²) in [5.41, 5.74) is 1.42. The highest BCUT2D eigenvalue weighted by molar-refractivity contribution is 7.19. The minimum absolute atomic E-state index is 0.0432. The molecule has 0 unspecified atom stereocenters. The van der Waals surface area contributed by atoms with Gasteiger partial charge >= 0.3 is 6.09 Å². The lowest BCUT2D eigenvalue weighted by atomic mass is 9.94. The third kappa shape index (κ3) is 4.20. The molecular weight excluding hydrogens is 458 g/mol. The lowest BCUT2D eigenvalue weighted by Gasteiger charge is -2.32. The Hall–Kier alpha value is -3.54. The van der Waals surface area contributed by atoms with E-state index in [0.717, 1.165) is 23.5 Å². The van der Waals surface area contributed by atoms with E-state index in [-0.39, 0.29) is 17.7 Å². The van der Waals surface area contributed by atoms with Gasteiger partial charge in [-0.15, -0.1) is 0 Å². The normalized spacial score (nSPS) is 15.4. The summed E-state index contributed by atoms with van der Waals surface area (Å²) >= 11 is 1.39. The third-order valence-corrected chi connectivity index (χ3v) is 6.74. The smallest absolute Gasteiger partial charge is 0.410 e. The van der Waals surface area contributed by atoms with Crippen molar-refractivity contribution in [1.29, 1.82) is 0 Å². The molecule has 11 nitrogen and oxygen atoms in total. The molecule has 0 atom stereocenters. The van der Waals surface area contributed by atoms with Crippen molar-refractivity contribution in [2.45, 2.75) is 45.1 Å². The number of hydrogen-bond acceptors (Lipinski definition) is 8. The summed E-state index contributed by atoms with van der Waals surface area (Å²) in [7, 11) is 1.74. The van der Waals surface area contributed by atoms with Gasteiger partial charge in [0.2, 0.25) is 4.96 Å². The van der Waals surface area contributed by atoms with Gasteiger partial charge in [-0.25, -0.2) is 14.3 Å². The van der Waals surface area contributed by atoms with Gasteiger partial charge in [0.1, 0.15) is 10.6 Å². The monoisotopic (exact) mass is 483 g/mol. The van der Waals surface area contributed by atoms with Crippen molar-refractivity contribution in [2.75, 3.05) is 13.1 Å². The van der Waals surface area contributed by atoms with Crippen LogP contribution in [0.25, 0.3) is 26.4 Å². The van der Waals surface area contributed by atoms with Crippen LogP contribution in [0, 0.1) is 10.1 Å². The first-order valence-corrected chi connectivity index (χ1v) is 11.9. The van der Waals surface area contributed by atoms with Gasteiger partial charge in [0.05, 0.1) is 16.8 Å². The number of hydrogen-bond donors (Lipinski definition) is 0. The number of piperidine rings is 1. The standard InChI is InChI=1S/C22H25N7O4S/c1-22(2,3)33-21(30)27-7-5-13(6-8-27)16-12-28-20(23-16)34-19(25-28)14-9-15-11-26(4)24-18(15)17(10-14)29(31)32/h9-13H,5-8H2,1-4H3. The van der Waals surface area contributed by atoms with Crippen LogP contribution in [0.2, 0.25) is 0 Å². The summed E-state index contributed by atoms with van der Waals surface area (Å²) in [6, 6.07) is 3.38. The maximum absolute atomic E-state index is 12.3. The Labute approximate surface area is 199 Å². The number of rotatable bonds is 3. The number of aromatic nitrogens is 5. The Morgan fingerprint density at radius 3 is 2.59 bits per heavy atom. The highest BCUT2D eigenvalue weighted by Crippen LogP contribution is 2.35. The van der Waals surface area contributed by atoms with E-state index in [4.69, 9.17) is 9.72 Å². The lowest BCUT2D eigenvalue weighted by Crippen LogP contribution is -2.41. The van der Waals surface area contributed by atoms with Gasteiger partial charge in [0.25, 0.3) is 5.69 Å². The van der Waals surface area contributed by atoms with E-state index in [1.165, 1.54) is 17.4 Å². The molecular formula is C22H25N7O4S. The van der Waals surface area contributed by atoms with Crippen LogP contribution in [0.4, 0.5) is 10.5 Å². The Kier molecular flexibility index (Phi) is 5.27. The van der Waals surface area contributed by atoms with Crippen LogP contribution < -0.4 is 0 Å². The average molecular weight is 484 g/mol. The zero-order chi connectivity index (χ0) is 24.2. The molecule has 34 heavy (non-hydrogen) atoms. The first-order chi connectivity index (χ1) is 16.1. The number of carbonyl (C=O) groups excluding carboxylic acids is 1. The number of ether oxygens (including phenoxy) is 1. The number of carbonyl (C=O) groups is 1. The summed E-state index contributed by atoms with van der Waals surface area (Å²) < 4.78 is 8.77. The van der Waals surface area contributed by atoms with Crippen LogP contribution in [-0.4, -0.2) is 59.0 Å². The number of nitrogens with zero attached hydrogens (tertiary/aromatic N) is 7. The third-order valence-electron chi connectivity index (χ3n) is 5.77. The van der Waals surface area contributed by atoms with Crippen molar-refractivity contribution in [1.82, 2.24) is 29.3 Å². The first kappa shape index (κ1) is 22.3. The molecule has 0 saturated carbocycles. The van der Waals surface area contributed by atoms with E-state index in [1.807, 2.05) is 33.0 Å². The molecule has 0 N–H and O–H groups in total. The number of non-ortho nitro benzene ring substituents is 1. The van der Waals surface area contributed by atoms with E-state index in [1.54, 1.807) is 27.3 Å². The number of nitro groups is 1. The molecule has 0 aliphatic carbocycles. The Morgan fingerprint density at radius 1 is 1.21 bits per heavy atom. The van der Waals surface area contributed by atoms with Gasteiger partial charge in [-0.1, -0.05) is 11.3 Å². The number of likely N-dealkylation sites (tertiary alicyclic amines) is 1. The zero-order valence-corrected chi connectivity index (χ0v) is 20.2. The maximum Gasteiger partial charge on any atom is 0.410 e. The Balaban J connectivity index is 1.35. The Morgan fingerprint density at radius 2 is 1.94 bits per heavy atom. The molecule has 1 amide bonds. The summed E-state index contributed by atoms with van der Waals surface area (Å²) in [6.07, 6.45) is 5.01. The summed E-state index contributed by atoms with van der Waals surface area (Å²) in [5, 5.41) is 21.8. The number of imidazole rings is 1. The summed E-state index contributed by atoms with van der Waals surface area (Å²) in [5.74, 6) is 0.240. The number of aryl methyl sites for hydroxylation is 1. The molecule has 3 aromatic heterocycles. The number of amides is 1. The maximum atomic E-state index is 12.3. The van der Waals surface area contributed by atoms with Crippen molar-refractivity contribution in [2.24, 2.45) is 7.05 Å². The zero-order valence-electron chi connectivity index (χ0n) is 19.4. The molecule has 1 fully saturated rings. The molecule has 4 heterocycles. The van der Waals surface area contributed by atoms with E-state index >= 15 is 0 Å². The van der Waals surface area contributed by atoms with E-state index in [0.29, 0.717) is 34.6 Å². The quantitative estimate of drug-likeness (QED) is 0.313. The van der Waals surface area contributed by atoms with Gasteiger partial charge in [0, 0.05) is 49.3 Å². The van der Waals surface area contributed by atoms with Crippen molar-refractivity contribution in [3.63, 3.8) is 0 Å². The number of benzene rings is 1. The molecule has 12 heteroatoms. The molecule has 0 spiro atoms. The first-order valence-electron chi connectivity index (χ1n) is 11.0. The fourth-order valence-corrected chi connectivity index (χ4v) is 5.09. The second-order valence-corrected chi connectivity index (χ2v) is 10.5. The van der Waals surface area contributed by atoms with Gasteiger partial charge in [-0.3, -0.25) is 14.8 Å². The van der Waals surface area contributed by atoms with Crippen LogP contribution >= 0.6 is 11.3 Å². The van der Waals surface area contributed by atoms with Crippen molar-refractivity contribution in [3.8, 4) is 10.6 Å². The summed E-state index contributed by atoms with van der Waals surface area (Å²) in [4.78, 5) is 30.7. The van der Waals surface area contributed by atoms with Crippen LogP contribution in [0.15, 0.2) is 24.5 Å². The molecule has 0 radical (unpaired) electrons. The second kappa shape index (κ2) is 8.05. The molecule has 1 aromatic carbocycles. The van der Waals surface area contributed by atoms with E-state index in [9.17, 15) is 14.9 Å². The average Bonchev–Trinajstić information content (AvgIpc) is 3.43. The second-order valence-electron chi connectivity index (χ2n) is 9.53. The molecule has 1 aliphatic heterocycles. The van der Waals surface area contributed by atoms with Gasteiger partial charge in [-0.05, 0) is 39.7 Å². The molecule has 5 rings (SSSR count). The predicted molar refractivity (Wildman–Crippen MR) is 127 cm³/mol. The van der Waals surface area contributed by atoms with Crippen molar-refractivity contribution in [3.05, 3.63) is 40.3 Å². The molecule has 0 bridgehead atoms. The van der Waals surface area contributed by atoms with Gasteiger partial charge in [-0.2, -0.15) is 10.2 Å². The van der Waals surface area contributed by atoms with Crippen molar-refractivity contribution >= 4 is 39.0 Å². The largest absolute Gasteiger partial charge is 0.444 e. The van der Waals surface area contributed by atoms with Crippen LogP contribution in [0.3, 0.4) is 0 Å². The minimum atomic E-state index is -0.506.